The molecule has 158 valence electrons. The number of benzene rings is 2. The molecule has 0 spiro atoms. The number of nitrogens with zero attached hydrogens (tertiary/aromatic N) is 3. The Morgan fingerprint density at radius 2 is 1.77 bits per heavy atom. The first-order chi connectivity index (χ1) is 15.1. The predicted octanol–water partition coefficient (Wildman–Crippen LogP) is 4.78. The fourth-order valence-electron chi connectivity index (χ4n) is 4.57. The van der Waals surface area contributed by atoms with Gasteiger partial charge < -0.3 is 14.8 Å². The lowest BCUT2D eigenvalue weighted by Gasteiger charge is -2.30. The number of halogens is 1. The van der Waals surface area contributed by atoms with Crippen LogP contribution in [0.2, 0.25) is 0 Å². The zero-order chi connectivity index (χ0) is 21.4. The molecule has 2 aromatic heterocycles. The Morgan fingerprint density at radius 3 is 2.55 bits per heavy atom. The maximum Gasteiger partial charge on any atom is 0.126 e. The summed E-state index contributed by atoms with van der Waals surface area (Å²) >= 11 is 0. The van der Waals surface area contributed by atoms with Gasteiger partial charge in [0.25, 0.3) is 0 Å². The van der Waals surface area contributed by atoms with E-state index in [0.29, 0.717) is 12.0 Å². The Balaban J connectivity index is 1.80. The average molecular weight is 415 g/mol. The number of hydrogen-bond donors (Lipinski definition) is 1. The fourth-order valence-corrected chi connectivity index (χ4v) is 4.57. The summed E-state index contributed by atoms with van der Waals surface area (Å²) in [5, 5.41) is 3.45. The van der Waals surface area contributed by atoms with E-state index in [4.69, 9.17) is 4.98 Å². The zero-order valence-electron chi connectivity index (χ0n) is 18.0. The van der Waals surface area contributed by atoms with Crippen LogP contribution in [0, 0.1) is 19.7 Å². The lowest BCUT2D eigenvalue weighted by molar-refractivity contribution is 0.588. The molecular weight excluding hydrogens is 387 g/mol. The second-order valence-electron chi connectivity index (χ2n) is 8.28. The second kappa shape index (κ2) is 8.16. The van der Waals surface area contributed by atoms with Crippen LogP contribution in [0.25, 0.3) is 16.7 Å². The number of para-hydroxylation sites is 1. The van der Waals surface area contributed by atoms with Crippen LogP contribution in [0.3, 0.4) is 0 Å². The average Bonchev–Trinajstić information content (AvgIpc) is 3.11. The molecular formula is C26H27FN4. The van der Waals surface area contributed by atoms with Gasteiger partial charge in [0, 0.05) is 44.5 Å². The van der Waals surface area contributed by atoms with Crippen LogP contribution in [0.15, 0.2) is 60.8 Å². The summed E-state index contributed by atoms with van der Waals surface area (Å²) in [7, 11) is 0. The third-order valence-corrected chi connectivity index (χ3v) is 6.20. The van der Waals surface area contributed by atoms with Gasteiger partial charge in [-0.2, -0.15) is 0 Å². The van der Waals surface area contributed by atoms with Gasteiger partial charge in [-0.1, -0.05) is 30.3 Å². The molecule has 3 heterocycles. The van der Waals surface area contributed by atoms with Crippen LogP contribution in [0.4, 0.5) is 10.1 Å². The topological polar surface area (TPSA) is 33.1 Å². The van der Waals surface area contributed by atoms with E-state index in [1.54, 1.807) is 6.07 Å². The SMILES string of the molecule is Cc1cnc2c(N3CCNCC3)c(Cc3cccc(F)c3C)n(-c3ccccc3)c2c1. The number of pyridine rings is 1. The lowest BCUT2D eigenvalue weighted by atomic mass is 10.0. The van der Waals surface area contributed by atoms with Crippen LogP contribution in [0.1, 0.15) is 22.4 Å². The van der Waals surface area contributed by atoms with Crippen molar-refractivity contribution in [3.05, 3.63) is 89.0 Å². The molecule has 4 nitrogen and oxygen atoms in total. The Morgan fingerprint density at radius 1 is 1.00 bits per heavy atom. The van der Waals surface area contributed by atoms with Crippen molar-refractivity contribution in [2.24, 2.45) is 0 Å². The summed E-state index contributed by atoms with van der Waals surface area (Å²) in [6.45, 7) is 7.70. The molecule has 0 aliphatic carbocycles. The van der Waals surface area contributed by atoms with Gasteiger partial charge >= 0.3 is 0 Å². The quantitative estimate of drug-likeness (QED) is 0.522. The van der Waals surface area contributed by atoms with Crippen molar-refractivity contribution in [3.63, 3.8) is 0 Å². The number of piperazine rings is 1. The van der Waals surface area contributed by atoms with Crippen LogP contribution < -0.4 is 10.2 Å². The number of fused-ring (bicyclic) bond motifs is 1. The van der Waals surface area contributed by atoms with Crippen molar-refractivity contribution >= 4 is 16.7 Å². The molecule has 4 aromatic rings. The Bertz CT molecular complexity index is 1220. The molecule has 1 N–H and O–H groups in total. The van der Waals surface area contributed by atoms with Crippen LogP contribution in [-0.2, 0) is 6.42 Å². The van der Waals surface area contributed by atoms with Crippen molar-refractivity contribution in [2.45, 2.75) is 20.3 Å². The highest BCUT2D eigenvalue weighted by atomic mass is 19.1. The first kappa shape index (κ1) is 19.8. The van der Waals surface area contributed by atoms with Gasteiger partial charge in [-0.05, 0) is 54.8 Å². The van der Waals surface area contributed by atoms with Crippen molar-refractivity contribution in [1.82, 2.24) is 14.9 Å². The lowest BCUT2D eigenvalue weighted by Crippen LogP contribution is -2.44. The second-order valence-corrected chi connectivity index (χ2v) is 8.28. The molecule has 0 saturated carbocycles. The Labute approximate surface area is 182 Å². The van der Waals surface area contributed by atoms with Gasteiger partial charge in [-0.25, -0.2) is 4.39 Å². The number of aryl methyl sites for hydroxylation is 1. The standard InChI is InChI=1S/C26H27FN4/c1-18-15-23-25(29-17-18)26(30-13-11-28-12-14-30)24(31(23)21-8-4-3-5-9-21)16-20-7-6-10-22(27)19(20)2/h3-10,15,17,28H,11-14,16H2,1-2H3. The molecule has 0 amide bonds. The molecule has 0 atom stereocenters. The maximum atomic E-state index is 14.4. The molecule has 5 heteroatoms. The molecule has 1 saturated heterocycles. The van der Waals surface area contributed by atoms with E-state index in [9.17, 15) is 4.39 Å². The first-order valence-electron chi connectivity index (χ1n) is 10.9. The van der Waals surface area contributed by atoms with Crippen molar-refractivity contribution < 1.29 is 4.39 Å². The molecule has 0 unspecified atom stereocenters. The third-order valence-electron chi connectivity index (χ3n) is 6.20. The van der Waals surface area contributed by atoms with Gasteiger partial charge in [0.05, 0.1) is 16.9 Å². The smallest absolute Gasteiger partial charge is 0.126 e. The molecule has 1 aliphatic rings. The maximum absolute atomic E-state index is 14.4. The minimum atomic E-state index is -0.155. The highest BCUT2D eigenvalue weighted by Crippen LogP contribution is 2.37. The van der Waals surface area contributed by atoms with Crippen molar-refractivity contribution in [1.29, 1.82) is 0 Å². The van der Waals surface area contributed by atoms with E-state index < -0.39 is 0 Å². The van der Waals surface area contributed by atoms with Gasteiger partial charge in [-0.15, -0.1) is 0 Å². The van der Waals surface area contributed by atoms with E-state index in [2.05, 4.69) is 52.0 Å². The number of aromatic nitrogens is 2. The zero-order valence-corrected chi connectivity index (χ0v) is 18.0. The minimum Gasteiger partial charge on any atom is -0.366 e. The molecule has 2 aromatic carbocycles. The molecule has 0 radical (unpaired) electrons. The summed E-state index contributed by atoms with van der Waals surface area (Å²) in [5.41, 5.74) is 8.40. The fraction of sp³-hybridized carbons (Fsp3) is 0.269. The van der Waals surface area contributed by atoms with Crippen molar-refractivity contribution in [3.8, 4) is 5.69 Å². The third kappa shape index (κ3) is 3.59. The van der Waals surface area contributed by atoms with Gasteiger partial charge in [-0.3, -0.25) is 4.98 Å². The van der Waals surface area contributed by atoms with Crippen LogP contribution in [0.5, 0.6) is 0 Å². The van der Waals surface area contributed by atoms with Gasteiger partial charge in [0.2, 0.25) is 0 Å². The summed E-state index contributed by atoms with van der Waals surface area (Å²) < 4.78 is 16.7. The highest BCUT2D eigenvalue weighted by molar-refractivity contribution is 5.94. The number of rotatable bonds is 4. The summed E-state index contributed by atoms with van der Waals surface area (Å²) in [6, 6.07) is 18.0. The number of anilines is 1. The first-order valence-corrected chi connectivity index (χ1v) is 10.9. The van der Waals surface area contributed by atoms with E-state index in [0.717, 1.165) is 59.7 Å². The Hall–Kier alpha value is -3.18. The summed E-state index contributed by atoms with van der Waals surface area (Å²) in [4.78, 5) is 7.32. The van der Waals surface area contributed by atoms with Gasteiger partial charge in [0.15, 0.2) is 0 Å². The Kier molecular flexibility index (Phi) is 5.20. The largest absolute Gasteiger partial charge is 0.366 e. The van der Waals surface area contributed by atoms with Gasteiger partial charge in [0.1, 0.15) is 11.3 Å². The van der Waals surface area contributed by atoms with E-state index >= 15 is 0 Å². The monoisotopic (exact) mass is 414 g/mol. The molecule has 31 heavy (non-hydrogen) atoms. The molecule has 1 fully saturated rings. The number of nitrogens with one attached hydrogen (secondary N) is 1. The summed E-state index contributed by atoms with van der Waals surface area (Å²) in [6.07, 6.45) is 2.59. The van der Waals surface area contributed by atoms with Crippen LogP contribution in [-0.4, -0.2) is 35.7 Å². The molecule has 1 aliphatic heterocycles. The number of hydrogen-bond acceptors (Lipinski definition) is 3. The van der Waals surface area contributed by atoms with E-state index in [1.165, 1.54) is 11.8 Å². The van der Waals surface area contributed by atoms with Crippen LogP contribution >= 0.6 is 0 Å². The molecule has 5 rings (SSSR count). The molecule has 0 bridgehead atoms. The highest BCUT2D eigenvalue weighted by Gasteiger charge is 2.25. The van der Waals surface area contributed by atoms with Crippen molar-refractivity contribution in [2.75, 3.05) is 31.1 Å². The minimum absolute atomic E-state index is 0.155. The van der Waals surface area contributed by atoms with E-state index in [-0.39, 0.29) is 5.82 Å². The van der Waals surface area contributed by atoms with E-state index in [1.807, 2.05) is 25.3 Å². The summed E-state index contributed by atoms with van der Waals surface area (Å²) in [5.74, 6) is -0.155. The normalized spacial score (nSPS) is 14.4. The predicted molar refractivity (Wildman–Crippen MR) is 125 cm³/mol.